The van der Waals surface area contributed by atoms with E-state index in [2.05, 4.69) is 10.2 Å². The Morgan fingerprint density at radius 3 is 2.50 bits per heavy atom. The Balaban J connectivity index is 2.57. The molecule has 0 unspecified atom stereocenters. The molecular weight excluding hydrogens is 277 g/mol. The van der Waals surface area contributed by atoms with Crippen molar-refractivity contribution in [3.8, 4) is 11.3 Å². The van der Waals surface area contributed by atoms with Crippen molar-refractivity contribution in [3.63, 3.8) is 0 Å². The van der Waals surface area contributed by atoms with Crippen LogP contribution in [0.2, 0.25) is 0 Å². The Bertz CT molecular complexity index is 651. The second kappa shape index (κ2) is 4.93. The second-order valence-electron chi connectivity index (χ2n) is 4.01. The van der Waals surface area contributed by atoms with E-state index in [9.17, 15) is 23.3 Å². The lowest BCUT2D eigenvalue weighted by Gasteiger charge is -2.07. The zero-order chi connectivity index (χ0) is 14.9. The molecular formula is C11H9F3N4O2. The molecule has 0 aliphatic carbocycles. The van der Waals surface area contributed by atoms with E-state index >= 15 is 0 Å². The van der Waals surface area contributed by atoms with Crippen molar-refractivity contribution in [3.05, 3.63) is 45.6 Å². The molecule has 0 saturated carbocycles. The smallest absolute Gasteiger partial charge is 0.325 e. The lowest BCUT2D eigenvalue weighted by molar-refractivity contribution is -0.385. The molecule has 0 bridgehead atoms. The number of rotatable bonds is 3. The van der Waals surface area contributed by atoms with Gasteiger partial charge in [0.2, 0.25) is 0 Å². The molecule has 2 aromatic rings. The van der Waals surface area contributed by atoms with Gasteiger partial charge in [0.25, 0.3) is 5.69 Å². The molecule has 1 heterocycles. The van der Waals surface area contributed by atoms with E-state index in [1.807, 2.05) is 0 Å². The van der Waals surface area contributed by atoms with Gasteiger partial charge in [0.1, 0.15) is 0 Å². The minimum atomic E-state index is -4.67. The van der Waals surface area contributed by atoms with E-state index in [1.54, 1.807) is 0 Å². The number of H-pyrrole nitrogens is 1. The number of nitrogens with zero attached hydrogens (tertiary/aromatic N) is 2. The first-order valence-corrected chi connectivity index (χ1v) is 5.42. The first-order chi connectivity index (χ1) is 9.31. The first-order valence-electron chi connectivity index (χ1n) is 5.42. The highest BCUT2D eigenvalue weighted by Gasteiger charge is 2.33. The lowest BCUT2D eigenvalue weighted by atomic mass is 10.1. The van der Waals surface area contributed by atoms with Crippen LogP contribution in [-0.4, -0.2) is 15.1 Å². The standard InChI is InChI=1S/C11H9F3N4O2/c12-11(13,14)7-1-6(2-9(3-7)18(19)20)10-4-8(5-15)16-17-10/h1-4H,5,15H2,(H,16,17). The third kappa shape index (κ3) is 2.77. The number of non-ortho nitro benzene ring substituents is 1. The normalized spacial score (nSPS) is 11.6. The molecule has 0 spiro atoms. The van der Waals surface area contributed by atoms with Crippen LogP contribution >= 0.6 is 0 Å². The van der Waals surface area contributed by atoms with Crippen molar-refractivity contribution >= 4 is 5.69 Å². The highest BCUT2D eigenvalue weighted by molar-refractivity contribution is 5.64. The van der Waals surface area contributed by atoms with Crippen molar-refractivity contribution in [1.82, 2.24) is 10.2 Å². The summed E-state index contributed by atoms with van der Waals surface area (Å²) in [5.74, 6) is 0. The van der Waals surface area contributed by atoms with Crippen LogP contribution in [0, 0.1) is 10.1 Å². The van der Waals surface area contributed by atoms with Gasteiger partial charge in [-0.2, -0.15) is 18.3 Å². The number of nitro groups is 1. The summed E-state index contributed by atoms with van der Waals surface area (Å²) in [6.45, 7) is 0.133. The molecule has 0 amide bonds. The number of hydrogen-bond acceptors (Lipinski definition) is 4. The summed E-state index contributed by atoms with van der Waals surface area (Å²) in [7, 11) is 0. The average molecular weight is 286 g/mol. The van der Waals surface area contributed by atoms with Crippen LogP contribution in [0.4, 0.5) is 18.9 Å². The Morgan fingerprint density at radius 1 is 1.30 bits per heavy atom. The number of alkyl halides is 3. The highest BCUT2D eigenvalue weighted by Crippen LogP contribution is 2.35. The molecule has 106 valence electrons. The molecule has 0 aliphatic rings. The van der Waals surface area contributed by atoms with Gasteiger partial charge in [0.05, 0.1) is 16.2 Å². The van der Waals surface area contributed by atoms with Crippen molar-refractivity contribution in [2.45, 2.75) is 12.7 Å². The number of aromatic nitrogens is 2. The minimum absolute atomic E-state index is 0.00229. The van der Waals surface area contributed by atoms with Gasteiger partial charge in [-0.3, -0.25) is 15.2 Å². The van der Waals surface area contributed by atoms with Gasteiger partial charge in [0, 0.05) is 29.9 Å². The van der Waals surface area contributed by atoms with E-state index < -0.39 is 22.4 Å². The van der Waals surface area contributed by atoms with Crippen LogP contribution in [0.3, 0.4) is 0 Å². The Hall–Kier alpha value is -2.42. The number of nitro benzene ring substituents is 1. The summed E-state index contributed by atoms with van der Waals surface area (Å²) < 4.78 is 38.2. The summed E-state index contributed by atoms with van der Waals surface area (Å²) in [5, 5.41) is 17.0. The molecule has 2 rings (SSSR count). The number of nitrogens with one attached hydrogen (secondary N) is 1. The average Bonchev–Trinajstić information content (AvgIpc) is 2.86. The van der Waals surface area contributed by atoms with Gasteiger partial charge in [-0.25, -0.2) is 0 Å². The zero-order valence-electron chi connectivity index (χ0n) is 9.94. The molecule has 9 heteroatoms. The zero-order valence-corrected chi connectivity index (χ0v) is 9.94. The topological polar surface area (TPSA) is 97.8 Å². The predicted octanol–water partition coefficient (Wildman–Crippen LogP) is 2.46. The van der Waals surface area contributed by atoms with Crippen LogP contribution in [0.15, 0.2) is 24.3 Å². The summed E-state index contributed by atoms with van der Waals surface area (Å²) in [6.07, 6.45) is -4.67. The maximum Gasteiger partial charge on any atom is 0.416 e. The van der Waals surface area contributed by atoms with Crippen molar-refractivity contribution in [2.24, 2.45) is 5.73 Å². The van der Waals surface area contributed by atoms with E-state index in [0.717, 1.165) is 12.1 Å². The summed E-state index contributed by atoms with van der Waals surface area (Å²) in [5.41, 5.74) is 4.30. The SMILES string of the molecule is NCc1cc(-c2cc([N+](=O)[O-])cc(C(F)(F)F)c2)n[nH]1. The molecule has 20 heavy (non-hydrogen) atoms. The Morgan fingerprint density at radius 2 is 2.00 bits per heavy atom. The molecule has 0 fully saturated rings. The van der Waals surface area contributed by atoms with E-state index in [4.69, 9.17) is 5.73 Å². The monoisotopic (exact) mass is 286 g/mol. The summed E-state index contributed by atoms with van der Waals surface area (Å²) in [6, 6.07) is 3.77. The molecule has 0 aliphatic heterocycles. The van der Waals surface area contributed by atoms with Crippen LogP contribution in [-0.2, 0) is 12.7 Å². The first kappa shape index (κ1) is 14.0. The number of aromatic amines is 1. The highest BCUT2D eigenvalue weighted by atomic mass is 19.4. The lowest BCUT2D eigenvalue weighted by Crippen LogP contribution is -2.06. The van der Waals surface area contributed by atoms with E-state index in [0.29, 0.717) is 11.8 Å². The van der Waals surface area contributed by atoms with Crippen LogP contribution in [0.5, 0.6) is 0 Å². The molecule has 1 aromatic heterocycles. The molecule has 1 aromatic carbocycles. The number of hydrogen-bond donors (Lipinski definition) is 2. The van der Waals surface area contributed by atoms with Crippen LogP contribution in [0.1, 0.15) is 11.3 Å². The predicted molar refractivity (Wildman–Crippen MR) is 63.6 cm³/mol. The molecule has 3 N–H and O–H groups in total. The Labute approximate surface area is 110 Å². The second-order valence-corrected chi connectivity index (χ2v) is 4.01. The van der Waals surface area contributed by atoms with Gasteiger partial charge in [-0.1, -0.05) is 0 Å². The fourth-order valence-corrected chi connectivity index (χ4v) is 1.64. The van der Waals surface area contributed by atoms with Crippen molar-refractivity contribution < 1.29 is 18.1 Å². The van der Waals surface area contributed by atoms with Gasteiger partial charge < -0.3 is 5.73 Å². The molecule has 6 nitrogen and oxygen atoms in total. The summed E-state index contributed by atoms with van der Waals surface area (Å²) in [4.78, 5) is 9.84. The van der Waals surface area contributed by atoms with Crippen molar-refractivity contribution in [2.75, 3.05) is 0 Å². The minimum Gasteiger partial charge on any atom is -0.325 e. The fourth-order valence-electron chi connectivity index (χ4n) is 1.64. The number of benzene rings is 1. The van der Waals surface area contributed by atoms with E-state index in [-0.39, 0.29) is 17.8 Å². The number of nitrogens with two attached hydrogens (primary N) is 1. The van der Waals surface area contributed by atoms with Gasteiger partial charge >= 0.3 is 6.18 Å². The quantitative estimate of drug-likeness (QED) is 0.668. The fraction of sp³-hybridized carbons (Fsp3) is 0.182. The number of halogens is 3. The summed E-state index contributed by atoms with van der Waals surface area (Å²) >= 11 is 0. The third-order valence-corrected chi connectivity index (χ3v) is 2.60. The Kier molecular flexibility index (Phi) is 3.45. The van der Waals surface area contributed by atoms with Crippen LogP contribution < -0.4 is 5.73 Å². The molecule has 0 atom stereocenters. The third-order valence-electron chi connectivity index (χ3n) is 2.60. The van der Waals surface area contributed by atoms with Gasteiger partial charge in [0.15, 0.2) is 0 Å². The van der Waals surface area contributed by atoms with Crippen molar-refractivity contribution in [1.29, 1.82) is 0 Å². The van der Waals surface area contributed by atoms with E-state index in [1.165, 1.54) is 6.07 Å². The molecule has 0 saturated heterocycles. The maximum atomic E-state index is 12.7. The maximum absolute atomic E-state index is 12.7. The largest absolute Gasteiger partial charge is 0.416 e. The van der Waals surface area contributed by atoms with Gasteiger partial charge in [-0.05, 0) is 12.1 Å². The molecule has 0 radical (unpaired) electrons. The van der Waals surface area contributed by atoms with Crippen LogP contribution in [0.25, 0.3) is 11.3 Å². The van der Waals surface area contributed by atoms with Gasteiger partial charge in [-0.15, -0.1) is 0 Å².